The largest absolute Gasteiger partial charge is 0.488 e. The first-order chi connectivity index (χ1) is 16.1. The maximum atomic E-state index is 11.6. The van der Waals surface area contributed by atoms with Crippen molar-refractivity contribution in [3.63, 3.8) is 0 Å². The van der Waals surface area contributed by atoms with Crippen molar-refractivity contribution < 1.29 is 27.7 Å². The number of aromatic nitrogens is 3. The zero-order chi connectivity index (χ0) is 24.5. The van der Waals surface area contributed by atoms with Crippen LogP contribution in [-0.4, -0.2) is 65.5 Å². The summed E-state index contributed by atoms with van der Waals surface area (Å²) in [4.78, 5) is 15.8. The van der Waals surface area contributed by atoms with Crippen LogP contribution in [0.4, 0.5) is 0 Å². The molecular weight excluding hydrogens is 460 g/mol. The number of aliphatic hydroxyl groups is 1. The molecule has 1 aromatic carbocycles. The van der Waals surface area contributed by atoms with E-state index >= 15 is 0 Å². The molecule has 3 aromatic rings. The molecule has 180 valence electrons. The molecular formula is C23H26N4O6S. The number of rotatable bonds is 8. The molecule has 34 heavy (non-hydrogen) atoms. The van der Waals surface area contributed by atoms with Gasteiger partial charge >= 0.3 is 0 Å². The molecule has 3 heterocycles. The number of benzene rings is 1. The fraction of sp³-hybridized carbons (Fsp3) is 0.348. The minimum atomic E-state index is -3.47. The van der Waals surface area contributed by atoms with E-state index in [0.717, 1.165) is 29.4 Å². The van der Waals surface area contributed by atoms with E-state index in [1.807, 2.05) is 32.0 Å². The highest BCUT2D eigenvalue weighted by Crippen LogP contribution is 2.32. The summed E-state index contributed by atoms with van der Waals surface area (Å²) in [6, 6.07) is 9.11. The molecule has 0 unspecified atom stereocenters. The van der Waals surface area contributed by atoms with Gasteiger partial charge in [0.1, 0.15) is 29.4 Å². The van der Waals surface area contributed by atoms with E-state index in [-0.39, 0.29) is 29.7 Å². The highest BCUT2D eigenvalue weighted by Gasteiger charge is 2.25. The van der Waals surface area contributed by atoms with Crippen LogP contribution < -0.4 is 9.47 Å². The minimum Gasteiger partial charge on any atom is -0.488 e. The normalized spacial score (nSPS) is 18.8. The summed E-state index contributed by atoms with van der Waals surface area (Å²) >= 11 is 0. The predicted molar refractivity (Wildman–Crippen MR) is 125 cm³/mol. The van der Waals surface area contributed by atoms with Gasteiger partial charge in [-0.15, -0.1) is 0 Å². The van der Waals surface area contributed by atoms with Crippen molar-refractivity contribution in [3.8, 4) is 28.6 Å². The molecule has 1 aliphatic rings. The van der Waals surface area contributed by atoms with E-state index in [1.165, 1.54) is 6.20 Å². The van der Waals surface area contributed by atoms with E-state index in [0.29, 0.717) is 17.4 Å². The topological polar surface area (TPSA) is 136 Å². The molecule has 2 N–H and O–H groups in total. The number of aromatic amines is 1. The van der Waals surface area contributed by atoms with Crippen LogP contribution in [0.25, 0.3) is 11.3 Å². The summed E-state index contributed by atoms with van der Waals surface area (Å²) in [5, 5.41) is 9.24. The van der Waals surface area contributed by atoms with Gasteiger partial charge in [-0.3, -0.25) is 0 Å². The van der Waals surface area contributed by atoms with Crippen molar-refractivity contribution >= 4 is 15.7 Å². The van der Waals surface area contributed by atoms with Crippen molar-refractivity contribution in [1.82, 2.24) is 15.0 Å². The molecule has 10 nitrogen and oxygen atoms in total. The fourth-order valence-corrected chi connectivity index (χ4v) is 3.70. The van der Waals surface area contributed by atoms with Crippen molar-refractivity contribution in [2.45, 2.75) is 44.0 Å². The summed E-state index contributed by atoms with van der Waals surface area (Å²) < 4.78 is 40.7. The summed E-state index contributed by atoms with van der Waals surface area (Å²) in [6.45, 7) is 5.56. The molecule has 1 aliphatic heterocycles. The Labute approximate surface area is 197 Å². The van der Waals surface area contributed by atoms with Crippen LogP contribution in [-0.2, 0) is 14.6 Å². The zero-order valence-electron chi connectivity index (χ0n) is 19.2. The van der Waals surface area contributed by atoms with E-state index < -0.39 is 15.9 Å². The highest BCUT2D eigenvalue weighted by atomic mass is 32.2. The Bertz CT molecular complexity index is 1300. The van der Waals surface area contributed by atoms with Crippen LogP contribution in [0.2, 0.25) is 0 Å². The van der Waals surface area contributed by atoms with Crippen LogP contribution in [0.3, 0.4) is 0 Å². The molecule has 0 radical (unpaired) electrons. The van der Waals surface area contributed by atoms with Crippen molar-refractivity contribution in [3.05, 3.63) is 48.4 Å². The monoisotopic (exact) mass is 486 g/mol. The van der Waals surface area contributed by atoms with E-state index in [1.54, 1.807) is 19.1 Å². The summed E-state index contributed by atoms with van der Waals surface area (Å²) in [6.07, 6.45) is 3.02. The Balaban J connectivity index is 1.64. The molecule has 0 fully saturated rings. The Morgan fingerprint density at radius 1 is 1.12 bits per heavy atom. The average molecular weight is 487 g/mol. The molecule has 3 atom stereocenters. The Morgan fingerprint density at radius 3 is 2.47 bits per heavy atom. The zero-order valence-corrected chi connectivity index (χ0v) is 20.0. The molecule has 11 heteroatoms. The van der Waals surface area contributed by atoms with Gasteiger partial charge in [-0.05, 0) is 45.0 Å². The average Bonchev–Trinajstić information content (AvgIpc) is 3.40. The molecule has 0 aliphatic carbocycles. The standard InChI is InChI=1S/C23H26N4O6S/c1-13(12-28)31-17-7-16(19-5-6-20(27-19)23-26-14(2)15(3)32-23)8-18(9-17)33-21-10-25-22(11-24-21)34(4,29)30/h5-11,13-15,27-28H,12H2,1-4H3/t13-,14+,15-/m0/s1. The van der Waals surface area contributed by atoms with Crippen LogP contribution in [0.5, 0.6) is 17.4 Å². The Hall–Kier alpha value is -3.44. The Kier molecular flexibility index (Phi) is 6.58. The van der Waals surface area contributed by atoms with Crippen LogP contribution >= 0.6 is 0 Å². The second-order valence-electron chi connectivity index (χ2n) is 8.15. The number of aliphatic hydroxyl groups excluding tert-OH is 1. The number of aliphatic imine (C=N–C) groups is 1. The molecule has 0 saturated heterocycles. The van der Waals surface area contributed by atoms with Crippen molar-refractivity contribution in [2.75, 3.05) is 12.9 Å². The summed E-state index contributed by atoms with van der Waals surface area (Å²) in [5.41, 5.74) is 2.29. The van der Waals surface area contributed by atoms with Crippen LogP contribution in [0.1, 0.15) is 26.5 Å². The lowest BCUT2D eigenvalue weighted by Crippen LogP contribution is -2.16. The van der Waals surface area contributed by atoms with Gasteiger partial charge in [0.15, 0.2) is 14.9 Å². The van der Waals surface area contributed by atoms with Gasteiger partial charge in [0, 0.05) is 23.6 Å². The maximum Gasteiger partial charge on any atom is 0.237 e. The van der Waals surface area contributed by atoms with Crippen molar-refractivity contribution in [2.24, 2.45) is 4.99 Å². The molecule has 0 saturated carbocycles. The smallest absolute Gasteiger partial charge is 0.237 e. The third-order valence-corrected chi connectivity index (χ3v) is 6.18. The second-order valence-corrected chi connectivity index (χ2v) is 10.1. The summed E-state index contributed by atoms with van der Waals surface area (Å²) in [5.74, 6) is 1.55. The van der Waals surface area contributed by atoms with Crippen LogP contribution in [0, 0.1) is 0 Å². The van der Waals surface area contributed by atoms with E-state index in [2.05, 4.69) is 19.9 Å². The quantitative estimate of drug-likeness (QED) is 0.496. The first-order valence-electron chi connectivity index (χ1n) is 10.7. The Morgan fingerprint density at radius 2 is 1.85 bits per heavy atom. The predicted octanol–water partition coefficient (Wildman–Crippen LogP) is 2.98. The minimum absolute atomic E-state index is 0.00800. The first kappa shape index (κ1) is 23.7. The lowest BCUT2D eigenvalue weighted by molar-refractivity contribution is 0.129. The van der Waals surface area contributed by atoms with Gasteiger partial charge < -0.3 is 24.3 Å². The number of hydrogen-bond acceptors (Lipinski definition) is 9. The fourth-order valence-electron chi connectivity index (χ4n) is 3.21. The number of ether oxygens (including phenoxy) is 3. The molecule has 4 rings (SSSR count). The van der Waals surface area contributed by atoms with Gasteiger partial charge in [-0.1, -0.05) is 0 Å². The number of nitrogens with one attached hydrogen (secondary N) is 1. The van der Waals surface area contributed by atoms with Gasteiger partial charge in [0.05, 0.1) is 25.0 Å². The molecule has 0 bridgehead atoms. The first-order valence-corrected chi connectivity index (χ1v) is 12.6. The van der Waals surface area contributed by atoms with Gasteiger partial charge in [-0.2, -0.15) is 0 Å². The highest BCUT2D eigenvalue weighted by molar-refractivity contribution is 7.90. The van der Waals surface area contributed by atoms with E-state index in [9.17, 15) is 13.5 Å². The second kappa shape index (κ2) is 9.43. The SMILES string of the molecule is C[C@@H]1OC(c2ccc(-c3cc(Oc4cnc(S(C)(=O)=O)cn4)cc(O[C@@H](C)CO)c3)[nH]2)=N[C@@H]1C. The third kappa shape index (κ3) is 5.37. The molecule has 0 amide bonds. The van der Waals surface area contributed by atoms with Gasteiger partial charge in [-0.25, -0.2) is 23.4 Å². The lowest BCUT2D eigenvalue weighted by Gasteiger charge is -2.15. The number of sulfone groups is 1. The van der Waals surface area contributed by atoms with Crippen LogP contribution in [0.15, 0.2) is 52.7 Å². The maximum absolute atomic E-state index is 11.6. The number of H-pyrrole nitrogens is 1. The lowest BCUT2D eigenvalue weighted by atomic mass is 10.1. The summed E-state index contributed by atoms with van der Waals surface area (Å²) in [7, 11) is -3.47. The van der Waals surface area contributed by atoms with Crippen molar-refractivity contribution in [1.29, 1.82) is 0 Å². The number of nitrogens with zero attached hydrogens (tertiary/aromatic N) is 3. The number of hydrogen-bond donors (Lipinski definition) is 2. The van der Waals surface area contributed by atoms with Gasteiger partial charge in [0.2, 0.25) is 11.8 Å². The molecule has 0 spiro atoms. The molecule has 2 aromatic heterocycles. The van der Waals surface area contributed by atoms with Gasteiger partial charge in [0.25, 0.3) is 0 Å². The van der Waals surface area contributed by atoms with E-state index in [4.69, 9.17) is 14.2 Å². The third-order valence-electron chi connectivity index (χ3n) is 5.21.